The Morgan fingerprint density at radius 3 is 2.53 bits per heavy atom. The molecule has 5 nitrogen and oxygen atoms in total. The third-order valence-electron chi connectivity index (χ3n) is 4.66. The van der Waals surface area contributed by atoms with Crippen LogP contribution in [0.4, 0.5) is 5.69 Å². The fraction of sp³-hybridized carbons (Fsp3) is 0.0400. The first-order valence-corrected chi connectivity index (χ1v) is 9.49. The van der Waals surface area contributed by atoms with Crippen LogP contribution < -0.4 is 4.74 Å². The van der Waals surface area contributed by atoms with Crippen LogP contribution in [0.15, 0.2) is 96.1 Å². The molecule has 0 unspecified atom stereocenters. The van der Waals surface area contributed by atoms with E-state index < -0.39 is 5.97 Å². The largest absolute Gasteiger partial charge is 0.478 e. The van der Waals surface area contributed by atoms with Crippen molar-refractivity contribution in [1.82, 2.24) is 4.57 Å². The van der Waals surface area contributed by atoms with Gasteiger partial charge in [0.25, 0.3) is 0 Å². The van der Waals surface area contributed by atoms with E-state index in [9.17, 15) is 9.90 Å². The highest BCUT2D eigenvalue weighted by Gasteiger charge is 2.06. The number of hydrogen-bond acceptors (Lipinski definition) is 3. The molecule has 0 saturated heterocycles. The van der Waals surface area contributed by atoms with E-state index in [2.05, 4.69) is 4.99 Å². The second-order valence-corrected chi connectivity index (χ2v) is 6.78. The molecule has 5 heteroatoms. The average molecular weight is 396 g/mol. The maximum Gasteiger partial charge on any atom is 0.335 e. The zero-order valence-corrected chi connectivity index (χ0v) is 16.4. The van der Waals surface area contributed by atoms with Crippen molar-refractivity contribution in [2.75, 3.05) is 0 Å². The smallest absolute Gasteiger partial charge is 0.335 e. The van der Waals surface area contributed by atoms with Gasteiger partial charge in [-0.05, 0) is 73.2 Å². The lowest BCUT2D eigenvalue weighted by molar-refractivity contribution is 0.0697. The van der Waals surface area contributed by atoms with E-state index in [1.165, 1.54) is 0 Å². The fourth-order valence-electron chi connectivity index (χ4n) is 3.06. The number of carboxylic acids is 1. The van der Waals surface area contributed by atoms with Gasteiger partial charge in [-0.3, -0.25) is 4.99 Å². The molecule has 0 aliphatic heterocycles. The number of carbonyl (C=O) groups is 1. The van der Waals surface area contributed by atoms with Crippen LogP contribution >= 0.6 is 0 Å². The van der Waals surface area contributed by atoms with Crippen molar-refractivity contribution >= 4 is 17.9 Å². The molecule has 0 saturated carbocycles. The molecule has 0 aliphatic carbocycles. The number of ether oxygens (including phenoxy) is 1. The summed E-state index contributed by atoms with van der Waals surface area (Å²) < 4.78 is 7.81. The summed E-state index contributed by atoms with van der Waals surface area (Å²) in [5, 5.41) is 9.21. The molecule has 0 radical (unpaired) electrons. The average Bonchev–Trinajstić information content (AvgIpc) is 3.24. The minimum atomic E-state index is -0.952. The van der Waals surface area contributed by atoms with Crippen molar-refractivity contribution in [3.8, 4) is 17.2 Å². The van der Waals surface area contributed by atoms with Crippen molar-refractivity contribution in [1.29, 1.82) is 0 Å². The molecule has 0 atom stereocenters. The summed E-state index contributed by atoms with van der Waals surface area (Å²) in [7, 11) is 0. The van der Waals surface area contributed by atoms with Gasteiger partial charge in [0.1, 0.15) is 11.5 Å². The van der Waals surface area contributed by atoms with Crippen molar-refractivity contribution in [2.24, 2.45) is 4.99 Å². The zero-order valence-electron chi connectivity index (χ0n) is 16.4. The molecule has 3 aromatic carbocycles. The Morgan fingerprint density at radius 2 is 1.77 bits per heavy atom. The first-order chi connectivity index (χ1) is 14.6. The molecule has 1 aromatic heterocycles. The lowest BCUT2D eigenvalue weighted by atomic mass is 10.2. The van der Waals surface area contributed by atoms with Gasteiger partial charge in [-0.25, -0.2) is 4.79 Å². The predicted octanol–water partition coefficient (Wildman–Crippen LogP) is 6.03. The van der Waals surface area contributed by atoms with E-state index in [1.807, 2.05) is 84.4 Å². The number of aryl methyl sites for hydroxylation is 1. The summed E-state index contributed by atoms with van der Waals surface area (Å²) >= 11 is 0. The fourth-order valence-corrected chi connectivity index (χ4v) is 3.06. The van der Waals surface area contributed by atoms with E-state index in [1.54, 1.807) is 24.4 Å². The van der Waals surface area contributed by atoms with Crippen molar-refractivity contribution in [3.05, 3.63) is 108 Å². The maximum atomic E-state index is 11.2. The Hall–Kier alpha value is -4.12. The number of aliphatic imine (C=N–C) groups is 1. The van der Waals surface area contributed by atoms with E-state index >= 15 is 0 Å². The third-order valence-corrected chi connectivity index (χ3v) is 4.66. The van der Waals surface area contributed by atoms with Crippen LogP contribution in [0.3, 0.4) is 0 Å². The number of benzene rings is 3. The van der Waals surface area contributed by atoms with Crippen molar-refractivity contribution < 1.29 is 14.6 Å². The third kappa shape index (κ3) is 4.31. The molecule has 0 fully saturated rings. The zero-order chi connectivity index (χ0) is 20.9. The number of rotatable bonds is 6. The van der Waals surface area contributed by atoms with Crippen LogP contribution in [0.1, 0.15) is 21.6 Å². The van der Waals surface area contributed by atoms with Crippen LogP contribution in [0.5, 0.6) is 11.5 Å². The number of para-hydroxylation sites is 1. The number of aromatic carboxylic acids is 1. The lowest BCUT2D eigenvalue weighted by Crippen LogP contribution is -2.01. The summed E-state index contributed by atoms with van der Waals surface area (Å²) in [4.78, 5) is 15.8. The monoisotopic (exact) mass is 396 g/mol. The van der Waals surface area contributed by atoms with E-state index in [-0.39, 0.29) is 5.56 Å². The number of aromatic nitrogens is 1. The van der Waals surface area contributed by atoms with Gasteiger partial charge in [-0.2, -0.15) is 0 Å². The van der Waals surface area contributed by atoms with Crippen LogP contribution in [0.2, 0.25) is 0 Å². The quantitative estimate of drug-likeness (QED) is 0.405. The summed E-state index contributed by atoms with van der Waals surface area (Å²) in [6.45, 7) is 2.01. The first kappa shape index (κ1) is 19.2. The van der Waals surface area contributed by atoms with E-state index in [4.69, 9.17) is 4.74 Å². The molecular formula is C25H20N2O3. The van der Waals surface area contributed by atoms with Gasteiger partial charge in [0.05, 0.1) is 23.2 Å². The highest BCUT2D eigenvalue weighted by molar-refractivity contribution is 5.88. The molecule has 0 aliphatic rings. The van der Waals surface area contributed by atoms with Crippen LogP contribution in [0, 0.1) is 6.92 Å². The van der Waals surface area contributed by atoms with Gasteiger partial charge >= 0.3 is 5.97 Å². The SMILES string of the molecule is Cc1ccccc1Oc1ccc(N=Cc2cccn2-c2cccc(C(=O)O)c2)cc1. The summed E-state index contributed by atoms with van der Waals surface area (Å²) in [6.07, 6.45) is 3.63. The molecule has 1 N–H and O–H groups in total. The Labute approximate surface area is 174 Å². The van der Waals surface area contributed by atoms with Crippen LogP contribution in [-0.2, 0) is 0 Å². The van der Waals surface area contributed by atoms with Gasteiger partial charge < -0.3 is 14.4 Å². The van der Waals surface area contributed by atoms with Crippen molar-refractivity contribution in [2.45, 2.75) is 6.92 Å². The van der Waals surface area contributed by atoms with Gasteiger partial charge in [0.2, 0.25) is 0 Å². The second kappa shape index (κ2) is 8.49. The standard InChI is InChI=1S/C25H20N2O3/c1-18-6-2-3-10-24(18)30-23-13-11-20(12-14-23)26-17-22-9-5-15-27(22)21-8-4-7-19(16-21)25(28)29/h2-17H,1H3,(H,28,29). The van der Waals surface area contributed by atoms with Gasteiger partial charge in [-0.1, -0.05) is 24.3 Å². The van der Waals surface area contributed by atoms with Crippen LogP contribution in [0.25, 0.3) is 5.69 Å². The molecular weight excluding hydrogens is 376 g/mol. The number of carboxylic acid groups (broad SMARTS) is 1. The Bertz CT molecular complexity index is 1210. The molecule has 1 heterocycles. The number of hydrogen-bond donors (Lipinski definition) is 1. The molecule has 0 spiro atoms. The highest BCUT2D eigenvalue weighted by atomic mass is 16.5. The van der Waals surface area contributed by atoms with E-state index in [0.29, 0.717) is 0 Å². The summed E-state index contributed by atoms with van der Waals surface area (Å²) in [5.74, 6) is 0.625. The van der Waals surface area contributed by atoms with Crippen LogP contribution in [-0.4, -0.2) is 21.9 Å². The summed E-state index contributed by atoms with van der Waals surface area (Å²) in [5.41, 5.74) is 3.72. The van der Waals surface area contributed by atoms with Gasteiger partial charge in [-0.15, -0.1) is 0 Å². The van der Waals surface area contributed by atoms with E-state index in [0.717, 1.165) is 34.1 Å². The Morgan fingerprint density at radius 1 is 0.967 bits per heavy atom. The maximum absolute atomic E-state index is 11.2. The topological polar surface area (TPSA) is 63.8 Å². The molecule has 0 bridgehead atoms. The predicted molar refractivity (Wildman–Crippen MR) is 118 cm³/mol. The minimum absolute atomic E-state index is 0.244. The molecule has 4 aromatic rings. The molecule has 148 valence electrons. The highest BCUT2D eigenvalue weighted by Crippen LogP contribution is 2.26. The minimum Gasteiger partial charge on any atom is -0.478 e. The normalized spacial score (nSPS) is 11.0. The molecule has 30 heavy (non-hydrogen) atoms. The Balaban J connectivity index is 1.51. The van der Waals surface area contributed by atoms with Gasteiger partial charge in [0.15, 0.2) is 0 Å². The van der Waals surface area contributed by atoms with Crippen molar-refractivity contribution in [3.63, 3.8) is 0 Å². The molecule has 4 rings (SSSR count). The number of nitrogens with zero attached hydrogens (tertiary/aromatic N) is 2. The first-order valence-electron chi connectivity index (χ1n) is 9.49. The van der Waals surface area contributed by atoms with Gasteiger partial charge in [0, 0.05) is 11.9 Å². The molecule has 0 amide bonds. The Kier molecular flexibility index (Phi) is 5.44. The lowest BCUT2D eigenvalue weighted by Gasteiger charge is -2.08. The summed E-state index contributed by atoms with van der Waals surface area (Å²) in [6, 6.07) is 26.0. The second-order valence-electron chi connectivity index (χ2n) is 6.78.